The van der Waals surface area contributed by atoms with Crippen LogP contribution in [0.25, 0.3) is 0 Å². The molecule has 3 aliphatic rings. The Morgan fingerprint density at radius 1 is 0.775 bits per heavy atom. The van der Waals surface area contributed by atoms with Crippen LogP contribution in [0.4, 0.5) is 0 Å². The normalized spacial score (nSPS) is 29.9. The van der Waals surface area contributed by atoms with Crippen LogP contribution in [0.1, 0.15) is 56.4 Å². The smallest absolute Gasteiger partial charge is 0.190 e. The molecule has 4 heterocycles. The predicted octanol–water partition coefficient (Wildman–Crippen LogP) is 5.77. The summed E-state index contributed by atoms with van der Waals surface area (Å²) in [5, 5.41) is 2.86. The maximum absolute atomic E-state index is 6.66. The van der Waals surface area contributed by atoms with Gasteiger partial charge in [0.25, 0.3) is 0 Å². The molecule has 8 nitrogen and oxygen atoms in total. The molecule has 0 N–H and O–H groups in total. The molecule has 0 bridgehead atoms. The van der Waals surface area contributed by atoms with E-state index in [-0.39, 0.29) is 12.2 Å². The highest BCUT2D eigenvalue weighted by molar-refractivity contribution is 7.09. The molecule has 2 aromatic carbocycles. The van der Waals surface area contributed by atoms with Crippen molar-refractivity contribution >= 4 is 11.3 Å². The average Bonchev–Trinajstić information content (AvgIpc) is 3.65. The van der Waals surface area contributed by atoms with Gasteiger partial charge in [0.15, 0.2) is 17.9 Å². The SMILES string of the molecule is CC1(C)O[C@@H]2[C@H](O1)[C@H]1OC(C)(C)O[C@H]1O[C@@H]2[C@H](C[C@@H](OCc1ccccc1)c1nccs1)OCc1ccccc1. The number of fused-ring (bicyclic) bond motifs is 3. The van der Waals surface area contributed by atoms with Crippen molar-refractivity contribution in [3.8, 4) is 0 Å². The minimum Gasteiger partial charge on any atom is -0.371 e. The average molecular weight is 568 g/mol. The van der Waals surface area contributed by atoms with Crippen molar-refractivity contribution in [1.82, 2.24) is 4.98 Å². The van der Waals surface area contributed by atoms with Crippen LogP contribution in [0.15, 0.2) is 72.2 Å². The van der Waals surface area contributed by atoms with Gasteiger partial charge in [0.1, 0.15) is 35.5 Å². The van der Waals surface area contributed by atoms with Gasteiger partial charge in [-0.1, -0.05) is 60.7 Å². The zero-order chi connectivity index (χ0) is 27.7. The summed E-state index contributed by atoms with van der Waals surface area (Å²) in [5.74, 6) is -1.60. The molecule has 0 spiro atoms. The third-order valence-corrected chi connectivity index (χ3v) is 8.20. The largest absolute Gasteiger partial charge is 0.371 e. The summed E-state index contributed by atoms with van der Waals surface area (Å²) in [4.78, 5) is 4.60. The van der Waals surface area contributed by atoms with E-state index in [2.05, 4.69) is 29.2 Å². The summed E-state index contributed by atoms with van der Waals surface area (Å²) in [7, 11) is 0. The number of rotatable bonds is 10. The van der Waals surface area contributed by atoms with Crippen molar-refractivity contribution in [3.05, 3.63) is 88.4 Å². The Morgan fingerprint density at radius 2 is 1.38 bits per heavy atom. The highest BCUT2D eigenvalue weighted by Crippen LogP contribution is 2.46. The molecule has 0 unspecified atom stereocenters. The van der Waals surface area contributed by atoms with Crippen LogP contribution >= 0.6 is 11.3 Å². The number of aromatic nitrogens is 1. The van der Waals surface area contributed by atoms with Gasteiger partial charge in [0.05, 0.1) is 19.3 Å². The van der Waals surface area contributed by atoms with E-state index in [0.717, 1.165) is 16.1 Å². The maximum atomic E-state index is 6.66. The second-order valence-electron chi connectivity index (χ2n) is 11.4. The molecule has 9 heteroatoms. The number of thiazole rings is 1. The van der Waals surface area contributed by atoms with Gasteiger partial charge in [-0.15, -0.1) is 11.3 Å². The van der Waals surface area contributed by atoms with E-state index >= 15 is 0 Å². The van der Waals surface area contributed by atoms with E-state index in [1.165, 1.54) is 0 Å². The zero-order valence-electron chi connectivity index (χ0n) is 23.3. The lowest BCUT2D eigenvalue weighted by molar-refractivity contribution is -0.261. The lowest BCUT2D eigenvalue weighted by atomic mass is 9.92. The molecule has 3 aromatic rings. The highest BCUT2D eigenvalue weighted by atomic mass is 32.1. The fourth-order valence-corrected chi connectivity index (χ4v) is 6.33. The van der Waals surface area contributed by atoms with Gasteiger partial charge in [0, 0.05) is 18.0 Å². The first kappa shape index (κ1) is 27.9. The monoisotopic (exact) mass is 567 g/mol. The van der Waals surface area contributed by atoms with E-state index in [0.29, 0.717) is 19.6 Å². The lowest BCUT2D eigenvalue weighted by Gasteiger charge is -2.41. The molecule has 40 heavy (non-hydrogen) atoms. The first-order chi connectivity index (χ1) is 19.3. The summed E-state index contributed by atoms with van der Waals surface area (Å²) in [6.07, 6.45) is -0.700. The van der Waals surface area contributed by atoms with Gasteiger partial charge in [-0.05, 0) is 38.8 Å². The van der Waals surface area contributed by atoms with Crippen molar-refractivity contribution in [2.45, 2.75) is 102 Å². The second-order valence-corrected chi connectivity index (χ2v) is 12.3. The third-order valence-electron chi connectivity index (χ3n) is 7.33. The standard InChI is InChI=1S/C31H37NO7S/c1-30(2)36-25-24(35-29-27(26(25)37-30)38-31(3,4)39-29)22(33-18-20-11-7-5-8-12-20)17-23(28-32-15-16-40-28)34-19-21-13-9-6-10-14-21/h5-16,22-27,29H,17-19H2,1-4H3/t22-,23+,24+,25-,26-,27+,29+/m0/s1. The Hall–Kier alpha value is -2.21. The minimum absolute atomic E-state index is 0.312. The Kier molecular flexibility index (Phi) is 8.09. The number of hydrogen-bond donors (Lipinski definition) is 0. The summed E-state index contributed by atoms with van der Waals surface area (Å²) in [5.41, 5.74) is 2.16. The molecule has 7 atom stereocenters. The Morgan fingerprint density at radius 3 is 2.02 bits per heavy atom. The van der Waals surface area contributed by atoms with Gasteiger partial charge in [0.2, 0.25) is 0 Å². The minimum atomic E-state index is -0.801. The first-order valence-electron chi connectivity index (χ1n) is 13.8. The molecular formula is C31H37NO7S. The molecule has 3 saturated heterocycles. The van der Waals surface area contributed by atoms with Gasteiger partial charge in [-0.25, -0.2) is 4.98 Å². The first-order valence-corrected chi connectivity index (χ1v) is 14.7. The number of benzene rings is 2. The van der Waals surface area contributed by atoms with Crippen molar-refractivity contribution in [1.29, 1.82) is 0 Å². The van der Waals surface area contributed by atoms with E-state index < -0.39 is 42.3 Å². The summed E-state index contributed by atoms with van der Waals surface area (Å²) in [6.45, 7) is 8.47. The molecule has 0 aliphatic carbocycles. The molecule has 1 aromatic heterocycles. The number of ether oxygens (including phenoxy) is 7. The molecule has 6 rings (SSSR count). The maximum Gasteiger partial charge on any atom is 0.190 e. The van der Waals surface area contributed by atoms with Crippen LogP contribution in [-0.2, 0) is 46.4 Å². The molecule has 214 valence electrons. The van der Waals surface area contributed by atoms with Gasteiger partial charge < -0.3 is 33.2 Å². The third kappa shape index (κ3) is 6.32. The lowest BCUT2D eigenvalue weighted by Crippen LogP contribution is -2.59. The quantitative estimate of drug-likeness (QED) is 0.306. The molecular weight excluding hydrogens is 530 g/mol. The predicted molar refractivity (Wildman–Crippen MR) is 148 cm³/mol. The van der Waals surface area contributed by atoms with Crippen LogP contribution < -0.4 is 0 Å². The molecule has 3 fully saturated rings. The van der Waals surface area contributed by atoms with Crippen molar-refractivity contribution in [3.63, 3.8) is 0 Å². The summed E-state index contributed by atoms with van der Waals surface area (Å²) in [6, 6.07) is 20.3. The molecule has 3 aliphatic heterocycles. The Balaban J connectivity index is 1.29. The molecule has 0 amide bonds. The van der Waals surface area contributed by atoms with Crippen molar-refractivity contribution < 1.29 is 33.2 Å². The molecule has 0 radical (unpaired) electrons. The number of nitrogens with zero attached hydrogens (tertiary/aromatic N) is 1. The summed E-state index contributed by atoms with van der Waals surface area (Å²) < 4.78 is 45.0. The molecule has 0 saturated carbocycles. The van der Waals surface area contributed by atoms with Gasteiger partial charge in [-0.3, -0.25) is 0 Å². The van der Waals surface area contributed by atoms with Gasteiger partial charge >= 0.3 is 0 Å². The topological polar surface area (TPSA) is 77.5 Å². The van der Waals surface area contributed by atoms with Crippen LogP contribution in [0.3, 0.4) is 0 Å². The van der Waals surface area contributed by atoms with Crippen molar-refractivity contribution in [2.75, 3.05) is 0 Å². The van der Waals surface area contributed by atoms with E-state index in [1.807, 2.05) is 69.5 Å². The fourth-order valence-electron chi connectivity index (χ4n) is 5.63. The van der Waals surface area contributed by atoms with E-state index in [4.69, 9.17) is 33.2 Å². The van der Waals surface area contributed by atoms with Crippen LogP contribution in [-0.4, -0.2) is 53.4 Å². The van der Waals surface area contributed by atoms with Crippen LogP contribution in [0, 0.1) is 0 Å². The van der Waals surface area contributed by atoms with E-state index in [9.17, 15) is 0 Å². The van der Waals surface area contributed by atoms with Crippen LogP contribution in [0.2, 0.25) is 0 Å². The van der Waals surface area contributed by atoms with Crippen LogP contribution in [0.5, 0.6) is 0 Å². The van der Waals surface area contributed by atoms with Crippen molar-refractivity contribution in [2.24, 2.45) is 0 Å². The Labute approximate surface area is 239 Å². The highest BCUT2D eigenvalue weighted by Gasteiger charge is 2.62. The Bertz CT molecular complexity index is 1220. The van der Waals surface area contributed by atoms with Gasteiger partial charge in [-0.2, -0.15) is 0 Å². The fraction of sp³-hybridized carbons (Fsp3) is 0.516. The summed E-state index contributed by atoms with van der Waals surface area (Å²) >= 11 is 1.57. The van der Waals surface area contributed by atoms with E-state index in [1.54, 1.807) is 17.5 Å². The second kappa shape index (κ2) is 11.6. The number of hydrogen-bond acceptors (Lipinski definition) is 9. The zero-order valence-corrected chi connectivity index (χ0v) is 24.1.